The molecule has 2 amide bonds. The fourth-order valence-corrected chi connectivity index (χ4v) is 3.07. The minimum Gasteiger partial charge on any atom is -0.349 e. The van der Waals surface area contributed by atoms with Gasteiger partial charge in [0, 0.05) is 29.5 Å². The molecule has 2 aromatic rings. The van der Waals surface area contributed by atoms with Crippen molar-refractivity contribution in [3.05, 3.63) is 47.6 Å². The van der Waals surface area contributed by atoms with Crippen molar-refractivity contribution < 1.29 is 14.2 Å². The van der Waals surface area contributed by atoms with E-state index < -0.39 is 10.8 Å². The van der Waals surface area contributed by atoms with E-state index >= 15 is 0 Å². The van der Waals surface area contributed by atoms with Gasteiger partial charge in [-0.25, -0.2) is 14.5 Å². The van der Waals surface area contributed by atoms with Crippen LogP contribution in [0.1, 0.15) is 90.0 Å². The molecular formula is C24H37N6O2+. The van der Waals surface area contributed by atoms with Gasteiger partial charge in [-0.1, -0.05) is 46.5 Å². The van der Waals surface area contributed by atoms with Crippen LogP contribution in [0, 0.1) is 17.8 Å². The lowest BCUT2D eigenvalue weighted by Gasteiger charge is -2.23. The van der Waals surface area contributed by atoms with Crippen molar-refractivity contribution in [2.45, 2.75) is 80.9 Å². The molecule has 0 radical (unpaired) electrons. The predicted octanol–water partition coefficient (Wildman–Crippen LogP) is 2.96. The molecule has 0 aromatic carbocycles. The summed E-state index contributed by atoms with van der Waals surface area (Å²) in [4.78, 5) is 38.0. The van der Waals surface area contributed by atoms with Gasteiger partial charge in [0.2, 0.25) is 11.8 Å². The third-order valence-electron chi connectivity index (χ3n) is 5.27. The number of hydrogen-bond acceptors (Lipinski definition) is 5. The summed E-state index contributed by atoms with van der Waals surface area (Å²) in [6.07, 6.45) is 6.99. The zero-order valence-corrected chi connectivity index (χ0v) is 20.8. The standard InChI is InChI=1S/C24H36N6O2/c1-15-19(17(3)29-22(32)24(7,8)9)11-30(14-27-15)12-20-18(10-25-13-26-20)16(2)28-21(31)23(4,5)6/h10-11,13-14,16-17H,12H2,1-9H3,(H-,28,29,31,32)/p+1/t16-,17?/m1/s1. The first-order valence-corrected chi connectivity index (χ1v) is 11.0. The van der Waals surface area contributed by atoms with E-state index in [4.69, 9.17) is 0 Å². The van der Waals surface area contributed by atoms with Gasteiger partial charge in [-0.2, -0.15) is 0 Å². The molecule has 0 saturated heterocycles. The topological polar surface area (TPSA) is 101 Å². The van der Waals surface area contributed by atoms with Crippen LogP contribution in [-0.2, 0) is 16.1 Å². The molecular weight excluding hydrogens is 404 g/mol. The van der Waals surface area contributed by atoms with Gasteiger partial charge < -0.3 is 10.6 Å². The van der Waals surface area contributed by atoms with Crippen molar-refractivity contribution in [1.82, 2.24) is 25.6 Å². The van der Waals surface area contributed by atoms with Gasteiger partial charge in [0.25, 0.3) is 6.33 Å². The van der Waals surface area contributed by atoms with Crippen LogP contribution in [0.5, 0.6) is 0 Å². The van der Waals surface area contributed by atoms with E-state index in [1.165, 1.54) is 6.33 Å². The number of hydrogen-bond donors (Lipinski definition) is 2. The highest BCUT2D eigenvalue weighted by Gasteiger charge is 2.26. The number of carbonyl (C=O) groups excluding carboxylic acids is 2. The predicted molar refractivity (Wildman–Crippen MR) is 122 cm³/mol. The Balaban J connectivity index is 2.26. The first-order valence-electron chi connectivity index (χ1n) is 11.0. The lowest BCUT2D eigenvalue weighted by molar-refractivity contribution is -0.692. The largest absolute Gasteiger partial charge is 0.349 e. The average molecular weight is 442 g/mol. The van der Waals surface area contributed by atoms with E-state index in [2.05, 4.69) is 25.6 Å². The van der Waals surface area contributed by atoms with Crippen LogP contribution in [0.3, 0.4) is 0 Å². The first-order chi connectivity index (χ1) is 14.7. The lowest BCUT2D eigenvalue weighted by Crippen LogP contribution is -2.41. The summed E-state index contributed by atoms with van der Waals surface area (Å²) in [5, 5.41) is 6.11. The Hall–Kier alpha value is -2.90. The van der Waals surface area contributed by atoms with E-state index in [1.54, 1.807) is 12.5 Å². The van der Waals surface area contributed by atoms with Crippen LogP contribution < -0.4 is 15.2 Å². The third-order valence-corrected chi connectivity index (χ3v) is 5.27. The summed E-state index contributed by atoms with van der Waals surface area (Å²) in [6, 6.07) is -0.419. The second kappa shape index (κ2) is 9.71. The molecule has 32 heavy (non-hydrogen) atoms. The summed E-state index contributed by atoms with van der Waals surface area (Å²) in [5.74, 6) is -0.0449. The van der Waals surface area contributed by atoms with E-state index in [9.17, 15) is 9.59 Å². The number of amides is 2. The molecule has 0 bridgehead atoms. The number of aryl methyl sites for hydroxylation is 1. The highest BCUT2D eigenvalue weighted by molar-refractivity contribution is 5.82. The molecule has 0 aliphatic rings. The minimum atomic E-state index is -0.484. The van der Waals surface area contributed by atoms with Crippen molar-refractivity contribution in [2.24, 2.45) is 10.8 Å². The van der Waals surface area contributed by atoms with Crippen molar-refractivity contribution in [3.8, 4) is 0 Å². The molecule has 0 fully saturated rings. The molecule has 2 rings (SSSR count). The smallest absolute Gasteiger partial charge is 0.286 e. The monoisotopic (exact) mass is 441 g/mol. The van der Waals surface area contributed by atoms with E-state index in [1.807, 2.05) is 73.1 Å². The van der Waals surface area contributed by atoms with E-state index in [0.29, 0.717) is 6.54 Å². The molecule has 8 nitrogen and oxygen atoms in total. The van der Waals surface area contributed by atoms with Crippen LogP contribution in [-0.4, -0.2) is 26.8 Å². The summed E-state index contributed by atoms with van der Waals surface area (Å²) in [6.45, 7) is 17.6. The van der Waals surface area contributed by atoms with Crippen LogP contribution in [0.4, 0.5) is 0 Å². The molecule has 2 heterocycles. The maximum Gasteiger partial charge on any atom is 0.286 e. The Labute approximate surface area is 191 Å². The average Bonchev–Trinajstić information content (AvgIpc) is 2.68. The van der Waals surface area contributed by atoms with Gasteiger partial charge in [-0.3, -0.25) is 9.59 Å². The van der Waals surface area contributed by atoms with Crippen LogP contribution in [0.2, 0.25) is 0 Å². The number of nitrogens with zero attached hydrogens (tertiary/aromatic N) is 4. The molecule has 2 atom stereocenters. The van der Waals surface area contributed by atoms with Gasteiger partial charge in [0.15, 0.2) is 5.69 Å². The summed E-state index contributed by atoms with van der Waals surface area (Å²) < 4.78 is 1.94. The Kier molecular flexibility index (Phi) is 7.70. The highest BCUT2D eigenvalue weighted by Crippen LogP contribution is 2.20. The van der Waals surface area contributed by atoms with Crippen molar-refractivity contribution in [3.63, 3.8) is 0 Å². The Morgan fingerprint density at radius 1 is 0.938 bits per heavy atom. The quantitative estimate of drug-likeness (QED) is 0.671. The highest BCUT2D eigenvalue weighted by atomic mass is 16.2. The van der Waals surface area contributed by atoms with Crippen molar-refractivity contribution >= 4 is 11.8 Å². The molecule has 0 aliphatic heterocycles. The fraction of sp³-hybridized carbons (Fsp3) is 0.583. The normalized spacial score (nSPS) is 13.9. The maximum atomic E-state index is 12.4. The van der Waals surface area contributed by atoms with Gasteiger partial charge in [0.05, 0.1) is 29.5 Å². The third kappa shape index (κ3) is 6.55. The summed E-state index contributed by atoms with van der Waals surface area (Å²) in [7, 11) is 0. The molecule has 0 spiro atoms. The molecule has 8 heteroatoms. The van der Waals surface area contributed by atoms with Crippen molar-refractivity contribution in [1.29, 1.82) is 0 Å². The second-order valence-corrected chi connectivity index (χ2v) is 10.4. The van der Waals surface area contributed by atoms with Crippen LogP contribution in [0.25, 0.3) is 0 Å². The molecule has 1 unspecified atom stereocenters. The minimum absolute atomic E-state index is 0.0127. The summed E-state index contributed by atoms with van der Waals surface area (Å²) >= 11 is 0. The van der Waals surface area contributed by atoms with Gasteiger partial charge >= 0.3 is 0 Å². The van der Waals surface area contributed by atoms with Gasteiger partial charge in [0.1, 0.15) is 12.9 Å². The number of nitrogens with one attached hydrogen (secondary N) is 2. The zero-order valence-electron chi connectivity index (χ0n) is 20.8. The lowest BCUT2D eigenvalue weighted by atomic mass is 9.94. The molecule has 174 valence electrons. The van der Waals surface area contributed by atoms with Crippen LogP contribution in [0.15, 0.2) is 25.0 Å². The van der Waals surface area contributed by atoms with Crippen molar-refractivity contribution in [2.75, 3.05) is 0 Å². The molecule has 0 aliphatic carbocycles. The Morgan fingerprint density at radius 2 is 1.47 bits per heavy atom. The fourth-order valence-electron chi connectivity index (χ4n) is 3.07. The van der Waals surface area contributed by atoms with E-state index in [-0.39, 0.29) is 23.9 Å². The van der Waals surface area contributed by atoms with E-state index in [0.717, 1.165) is 22.5 Å². The molecule has 0 saturated carbocycles. The SMILES string of the molecule is Cc1nc[n+](Cc2ncncc2[C@@H](C)NC(=O)C(C)(C)C)cc1C(C)NC(=O)C(C)(C)C. The first kappa shape index (κ1) is 25.4. The van der Waals surface area contributed by atoms with Gasteiger partial charge in [-0.05, 0) is 13.8 Å². The Bertz CT molecular complexity index is 975. The maximum absolute atomic E-state index is 12.4. The summed E-state index contributed by atoms with van der Waals surface area (Å²) in [5.41, 5.74) is 2.50. The number of rotatable bonds is 6. The van der Waals surface area contributed by atoms with Gasteiger partial charge in [-0.15, -0.1) is 0 Å². The second-order valence-electron chi connectivity index (χ2n) is 10.4. The zero-order chi connectivity index (χ0) is 24.3. The number of aromatic nitrogens is 4. The molecule has 2 N–H and O–H groups in total. The molecule has 2 aromatic heterocycles. The number of carbonyl (C=O) groups is 2. The van der Waals surface area contributed by atoms with Crippen LogP contribution >= 0.6 is 0 Å². The Morgan fingerprint density at radius 3 is 2.00 bits per heavy atom.